The number of hydrogen-bond acceptors (Lipinski definition) is 4. The van der Waals surface area contributed by atoms with Crippen LogP contribution in [0.5, 0.6) is 0 Å². The van der Waals surface area contributed by atoms with Crippen LogP contribution in [0.1, 0.15) is 12.6 Å². The van der Waals surface area contributed by atoms with Crippen molar-refractivity contribution in [2.24, 2.45) is 0 Å². The molecule has 0 unspecified atom stereocenters. The van der Waals surface area contributed by atoms with Crippen molar-refractivity contribution in [2.45, 2.75) is 13.8 Å². The van der Waals surface area contributed by atoms with E-state index in [9.17, 15) is 9.18 Å². The predicted octanol–water partition coefficient (Wildman–Crippen LogP) is 2.63. The van der Waals surface area contributed by atoms with E-state index in [0.29, 0.717) is 11.4 Å². The van der Waals surface area contributed by atoms with E-state index in [1.165, 1.54) is 13.3 Å². The summed E-state index contributed by atoms with van der Waals surface area (Å²) in [6, 6.07) is 6.94. The molecule has 0 aliphatic carbocycles. The molecule has 0 saturated heterocycles. The van der Waals surface area contributed by atoms with E-state index in [4.69, 9.17) is 0 Å². The molecule has 5 nitrogen and oxygen atoms in total. The van der Waals surface area contributed by atoms with Gasteiger partial charge in [-0.3, -0.25) is 4.79 Å². The molecule has 98 valence electrons. The maximum Gasteiger partial charge on any atom is 0.221 e. The van der Waals surface area contributed by atoms with Gasteiger partial charge in [0.2, 0.25) is 5.91 Å². The summed E-state index contributed by atoms with van der Waals surface area (Å²) in [5.41, 5.74) is 1.53. The Kier molecular flexibility index (Phi) is 3.70. The van der Waals surface area contributed by atoms with E-state index in [1.807, 2.05) is 0 Å². The Morgan fingerprint density at radius 3 is 2.74 bits per heavy atom. The first-order valence-electron chi connectivity index (χ1n) is 5.68. The number of nitrogens with zero attached hydrogens (tertiary/aromatic N) is 2. The molecule has 1 amide bonds. The molecule has 0 fully saturated rings. The molecule has 19 heavy (non-hydrogen) atoms. The maximum absolute atomic E-state index is 13.7. The van der Waals surface area contributed by atoms with Crippen molar-refractivity contribution >= 4 is 23.1 Å². The molecular weight excluding hydrogens is 247 g/mol. The zero-order valence-corrected chi connectivity index (χ0v) is 10.6. The minimum atomic E-state index is -0.493. The van der Waals surface area contributed by atoms with Gasteiger partial charge in [0.1, 0.15) is 6.33 Å². The van der Waals surface area contributed by atoms with Gasteiger partial charge in [-0.2, -0.15) is 0 Å². The van der Waals surface area contributed by atoms with E-state index < -0.39 is 5.82 Å². The third-order valence-corrected chi connectivity index (χ3v) is 2.41. The minimum absolute atomic E-state index is 0.104. The van der Waals surface area contributed by atoms with Gasteiger partial charge in [0.15, 0.2) is 11.6 Å². The number of anilines is 3. The number of carbonyl (C=O) groups excluding carboxylic acids is 1. The summed E-state index contributed by atoms with van der Waals surface area (Å²) in [4.78, 5) is 18.6. The summed E-state index contributed by atoms with van der Waals surface area (Å²) in [5, 5.41) is 5.50. The van der Waals surface area contributed by atoms with Crippen molar-refractivity contribution < 1.29 is 9.18 Å². The van der Waals surface area contributed by atoms with Crippen LogP contribution in [0.25, 0.3) is 0 Å². The van der Waals surface area contributed by atoms with Crippen molar-refractivity contribution in [3.8, 4) is 0 Å². The van der Waals surface area contributed by atoms with Gasteiger partial charge in [0, 0.05) is 18.3 Å². The molecule has 2 rings (SSSR count). The molecule has 1 heterocycles. The standard InChI is InChI=1S/C13H13FN4O/c1-8-12(14)13(16-7-15-8)18-11-5-3-4-10(6-11)17-9(2)19/h3-7H,1-2H3,(H,17,19)(H,15,16,18). The van der Waals surface area contributed by atoms with Gasteiger partial charge < -0.3 is 10.6 Å². The summed E-state index contributed by atoms with van der Waals surface area (Å²) in [6.07, 6.45) is 1.29. The molecule has 0 atom stereocenters. The number of amides is 1. The average Bonchev–Trinajstić information content (AvgIpc) is 2.35. The van der Waals surface area contributed by atoms with E-state index in [-0.39, 0.29) is 17.4 Å². The van der Waals surface area contributed by atoms with Gasteiger partial charge in [-0.25, -0.2) is 14.4 Å². The second-order valence-corrected chi connectivity index (χ2v) is 4.01. The van der Waals surface area contributed by atoms with Crippen LogP contribution in [0.15, 0.2) is 30.6 Å². The normalized spacial score (nSPS) is 10.1. The predicted molar refractivity (Wildman–Crippen MR) is 70.8 cm³/mol. The number of aryl methyl sites for hydroxylation is 1. The molecule has 1 aromatic carbocycles. The number of halogens is 1. The number of rotatable bonds is 3. The Bertz CT molecular complexity index is 615. The third kappa shape index (κ3) is 3.25. The third-order valence-electron chi connectivity index (χ3n) is 2.41. The quantitative estimate of drug-likeness (QED) is 0.890. The zero-order valence-electron chi connectivity index (χ0n) is 10.6. The molecule has 0 saturated carbocycles. The molecule has 1 aromatic heterocycles. The minimum Gasteiger partial charge on any atom is -0.338 e. The summed E-state index contributed by atoms with van der Waals surface area (Å²) < 4.78 is 13.7. The molecule has 2 aromatic rings. The fourth-order valence-corrected chi connectivity index (χ4v) is 1.56. The van der Waals surface area contributed by atoms with Crippen molar-refractivity contribution in [3.63, 3.8) is 0 Å². The lowest BCUT2D eigenvalue weighted by molar-refractivity contribution is -0.114. The second kappa shape index (κ2) is 5.43. The SMILES string of the molecule is CC(=O)Nc1cccc(Nc2ncnc(C)c2F)c1. The van der Waals surface area contributed by atoms with Gasteiger partial charge in [-0.05, 0) is 25.1 Å². The zero-order chi connectivity index (χ0) is 13.8. The fourth-order valence-electron chi connectivity index (χ4n) is 1.56. The highest BCUT2D eigenvalue weighted by Gasteiger charge is 2.08. The van der Waals surface area contributed by atoms with Crippen LogP contribution in [0.3, 0.4) is 0 Å². The highest BCUT2D eigenvalue weighted by molar-refractivity contribution is 5.89. The topological polar surface area (TPSA) is 66.9 Å². The van der Waals surface area contributed by atoms with Crippen LogP contribution < -0.4 is 10.6 Å². The van der Waals surface area contributed by atoms with E-state index in [1.54, 1.807) is 31.2 Å². The summed E-state index contributed by atoms with van der Waals surface area (Å²) >= 11 is 0. The summed E-state index contributed by atoms with van der Waals surface area (Å²) in [6.45, 7) is 2.99. The van der Waals surface area contributed by atoms with Crippen molar-refractivity contribution in [1.82, 2.24) is 9.97 Å². The molecule has 6 heteroatoms. The molecule has 2 N–H and O–H groups in total. The lowest BCUT2D eigenvalue weighted by Gasteiger charge is -2.09. The van der Waals surface area contributed by atoms with Gasteiger partial charge in [-0.1, -0.05) is 6.07 Å². The largest absolute Gasteiger partial charge is 0.338 e. The Balaban J connectivity index is 2.23. The van der Waals surface area contributed by atoms with Gasteiger partial charge in [-0.15, -0.1) is 0 Å². The average molecular weight is 260 g/mol. The number of nitrogens with one attached hydrogen (secondary N) is 2. The van der Waals surface area contributed by atoms with Crippen LogP contribution in [-0.4, -0.2) is 15.9 Å². The lowest BCUT2D eigenvalue weighted by Crippen LogP contribution is -2.06. The number of benzene rings is 1. The lowest BCUT2D eigenvalue weighted by atomic mass is 10.2. The van der Waals surface area contributed by atoms with Crippen LogP contribution in [0.2, 0.25) is 0 Å². The van der Waals surface area contributed by atoms with Crippen molar-refractivity contribution in [1.29, 1.82) is 0 Å². The van der Waals surface area contributed by atoms with Crippen LogP contribution in [-0.2, 0) is 4.79 Å². The second-order valence-electron chi connectivity index (χ2n) is 4.01. The summed E-state index contributed by atoms with van der Waals surface area (Å²) in [7, 11) is 0. The molecule has 0 bridgehead atoms. The molecule has 0 aliphatic heterocycles. The van der Waals surface area contributed by atoms with Crippen LogP contribution >= 0.6 is 0 Å². The van der Waals surface area contributed by atoms with E-state index >= 15 is 0 Å². The fraction of sp³-hybridized carbons (Fsp3) is 0.154. The highest BCUT2D eigenvalue weighted by atomic mass is 19.1. The number of aromatic nitrogens is 2. The van der Waals surface area contributed by atoms with Crippen molar-refractivity contribution in [3.05, 3.63) is 42.1 Å². The Labute approximate surface area is 109 Å². The van der Waals surface area contributed by atoms with Crippen LogP contribution in [0, 0.1) is 12.7 Å². The first kappa shape index (κ1) is 12.9. The Morgan fingerprint density at radius 1 is 1.26 bits per heavy atom. The monoisotopic (exact) mass is 260 g/mol. The Hall–Kier alpha value is -2.50. The smallest absolute Gasteiger partial charge is 0.221 e. The van der Waals surface area contributed by atoms with Gasteiger partial charge >= 0.3 is 0 Å². The molecule has 0 spiro atoms. The first-order valence-corrected chi connectivity index (χ1v) is 5.68. The van der Waals surface area contributed by atoms with E-state index in [0.717, 1.165) is 0 Å². The maximum atomic E-state index is 13.7. The number of hydrogen-bond donors (Lipinski definition) is 2. The first-order chi connectivity index (χ1) is 9.06. The van der Waals surface area contributed by atoms with Gasteiger partial charge in [0.05, 0.1) is 5.69 Å². The summed E-state index contributed by atoms with van der Waals surface area (Å²) in [5.74, 6) is -0.555. The Morgan fingerprint density at radius 2 is 2.00 bits per heavy atom. The van der Waals surface area contributed by atoms with Crippen LogP contribution in [0.4, 0.5) is 21.6 Å². The molecule has 0 aliphatic rings. The van der Waals surface area contributed by atoms with E-state index in [2.05, 4.69) is 20.6 Å². The highest BCUT2D eigenvalue weighted by Crippen LogP contribution is 2.21. The molecular formula is C13H13FN4O. The van der Waals surface area contributed by atoms with Gasteiger partial charge in [0.25, 0.3) is 0 Å². The van der Waals surface area contributed by atoms with Crippen molar-refractivity contribution in [2.75, 3.05) is 10.6 Å². The number of carbonyl (C=O) groups is 1. The molecule has 0 radical (unpaired) electrons.